The van der Waals surface area contributed by atoms with Gasteiger partial charge in [-0.3, -0.25) is 10.1 Å². The average molecular weight is 364 g/mol. The molecule has 0 radical (unpaired) electrons. The van der Waals surface area contributed by atoms with Crippen molar-refractivity contribution in [2.45, 2.75) is 27.7 Å². The highest BCUT2D eigenvalue weighted by atomic mass is 16.6. The summed E-state index contributed by atoms with van der Waals surface area (Å²) in [5.74, 6) is 0.459. The molecule has 7 nitrogen and oxygen atoms in total. The first-order chi connectivity index (χ1) is 12.8. The molecule has 1 aromatic heterocycles. The molecule has 0 unspecified atom stereocenters. The molecule has 0 amide bonds. The Morgan fingerprint density at radius 2 is 1.67 bits per heavy atom. The molecule has 0 spiro atoms. The molecule has 0 aliphatic rings. The molecule has 0 saturated heterocycles. The van der Waals surface area contributed by atoms with Gasteiger partial charge in [0.15, 0.2) is 0 Å². The van der Waals surface area contributed by atoms with Crippen molar-refractivity contribution in [1.82, 2.24) is 9.97 Å². The lowest BCUT2D eigenvalue weighted by molar-refractivity contribution is -0.385. The first-order valence-corrected chi connectivity index (χ1v) is 8.43. The topological polar surface area (TPSA) is 90.2 Å². The fraction of sp³-hybridized carbons (Fsp3) is 0.200. The molecule has 0 aliphatic heterocycles. The normalized spacial score (nSPS) is 10.5. The Balaban J connectivity index is 1.99. The maximum atomic E-state index is 11.7. The fourth-order valence-corrected chi connectivity index (χ4v) is 2.77. The van der Waals surface area contributed by atoms with Crippen LogP contribution in [0.3, 0.4) is 0 Å². The van der Waals surface area contributed by atoms with Crippen molar-refractivity contribution < 1.29 is 9.66 Å². The van der Waals surface area contributed by atoms with Crippen molar-refractivity contribution in [2.75, 3.05) is 5.32 Å². The summed E-state index contributed by atoms with van der Waals surface area (Å²) in [4.78, 5) is 19.2. The SMILES string of the molecule is Cc1cc(C)cc(Nc2ncnc(Oc3ccc(C)c(C)c3)c2[N+](=O)[O-])c1. The second-order valence-electron chi connectivity index (χ2n) is 6.48. The van der Waals surface area contributed by atoms with Crippen molar-refractivity contribution in [2.24, 2.45) is 0 Å². The molecule has 3 aromatic rings. The number of nitro groups is 1. The summed E-state index contributed by atoms with van der Waals surface area (Å²) in [5, 5.41) is 14.7. The third-order valence-corrected chi connectivity index (χ3v) is 4.15. The van der Waals surface area contributed by atoms with E-state index in [4.69, 9.17) is 4.74 Å². The van der Waals surface area contributed by atoms with Crippen LogP contribution in [0.25, 0.3) is 0 Å². The number of anilines is 2. The molecular formula is C20H20N4O3. The van der Waals surface area contributed by atoms with E-state index in [-0.39, 0.29) is 17.4 Å². The van der Waals surface area contributed by atoms with Crippen LogP contribution in [-0.4, -0.2) is 14.9 Å². The molecule has 0 saturated carbocycles. The van der Waals surface area contributed by atoms with E-state index in [2.05, 4.69) is 15.3 Å². The largest absolute Gasteiger partial charge is 0.434 e. The van der Waals surface area contributed by atoms with Crippen LogP contribution in [0.4, 0.5) is 17.2 Å². The minimum Gasteiger partial charge on any atom is -0.434 e. The average Bonchev–Trinajstić information content (AvgIpc) is 2.57. The molecule has 0 fully saturated rings. The lowest BCUT2D eigenvalue weighted by Crippen LogP contribution is -2.04. The molecule has 7 heteroatoms. The van der Waals surface area contributed by atoms with Crippen LogP contribution in [0.2, 0.25) is 0 Å². The Kier molecular flexibility index (Phi) is 5.03. The van der Waals surface area contributed by atoms with Gasteiger partial charge in [-0.25, -0.2) is 4.98 Å². The summed E-state index contributed by atoms with van der Waals surface area (Å²) in [6, 6.07) is 11.3. The predicted molar refractivity (Wildman–Crippen MR) is 104 cm³/mol. The van der Waals surface area contributed by atoms with E-state index in [0.717, 1.165) is 22.3 Å². The van der Waals surface area contributed by atoms with Crippen LogP contribution in [0, 0.1) is 37.8 Å². The first kappa shape index (κ1) is 18.3. The number of nitrogens with zero attached hydrogens (tertiary/aromatic N) is 3. The molecule has 3 rings (SSSR count). The van der Waals surface area contributed by atoms with E-state index in [0.29, 0.717) is 11.4 Å². The van der Waals surface area contributed by atoms with Gasteiger partial charge in [0.25, 0.3) is 0 Å². The lowest BCUT2D eigenvalue weighted by Gasteiger charge is -2.11. The number of benzene rings is 2. The number of aryl methyl sites for hydroxylation is 4. The van der Waals surface area contributed by atoms with E-state index in [9.17, 15) is 10.1 Å². The fourth-order valence-electron chi connectivity index (χ4n) is 2.77. The van der Waals surface area contributed by atoms with Gasteiger partial charge in [0, 0.05) is 5.69 Å². The minimum absolute atomic E-state index is 0.0823. The third-order valence-electron chi connectivity index (χ3n) is 4.15. The van der Waals surface area contributed by atoms with Crippen molar-refractivity contribution >= 4 is 17.2 Å². The van der Waals surface area contributed by atoms with Crippen LogP contribution in [0.5, 0.6) is 11.6 Å². The minimum atomic E-state index is -0.540. The molecular weight excluding hydrogens is 344 g/mol. The highest BCUT2D eigenvalue weighted by molar-refractivity contribution is 5.69. The van der Waals surface area contributed by atoms with Crippen molar-refractivity contribution in [3.8, 4) is 11.6 Å². The first-order valence-electron chi connectivity index (χ1n) is 8.43. The highest BCUT2D eigenvalue weighted by Crippen LogP contribution is 2.36. The van der Waals surface area contributed by atoms with E-state index in [1.807, 2.05) is 58.0 Å². The van der Waals surface area contributed by atoms with Crippen molar-refractivity contribution in [3.63, 3.8) is 0 Å². The smallest absolute Gasteiger partial charge is 0.373 e. The van der Waals surface area contributed by atoms with Gasteiger partial charge >= 0.3 is 11.6 Å². The highest BCUT2D eigenvalue weighted by Gasteiger charge is 2.25. The van der Waals surface area contributed by atoms with Gasteiger partial charge in [0.05, 0.1) is 4.92 Å². The quantitative estimate of drug-likeness (QED) is 0.497. The van der Waals surface area contributed by atoms with Gasteiger partial charge in [-0.05, 0) is 74.2 Å². The summed E-state index contributed by atoms with van der Waals surface area (Å²) in [6.45, 7) is 7.85. The Hall–Kier alpha value is -3.48. The molecule has 0 atom stereocenters. The number of rotatable bonds is 5. The van der Waals surface area contributed by atoms with Crippen LogP contribution in [0.1, 0.15) is 22.3 Å². The maximum Gasteiger partial charge on any atom is 0.373 e. The zero-order valence-electron chi connectivity index (χ0n) is 15.6. The van der Waals surface area contributed by atoms with Gasteiger partial charge in [-0.15, -0.1) is 0 Å². The number of hydrogen-bond acceptors (Lipinski definition) is 6. The maximum absolute atomic E-state index is 11.7. The molecule has 1 N–H and O–H groups in total. The lowest BCUT2D eigenvalue weighted by atomic mass is 10.1. The second-order valence-corrected chi connectivity index (χ2v) is 6.48. The van der Waals surface area contributed by atoms with Gasteiger partial charge < -0.3 is 10.1 Å². The standard InChI is InChI=1S/C20H20N4O3/c1-12-7-13(2)9-16(8-12)23-19-18(24(25)26)20(22-11-21-19)27-17-6-5-14(3)15(4)10-17/h5-11H,1-4H3,(H,21,22,23). The number of aromatic nitrogens is 2. The molecule has 138 valence electrons. The Bertz CT molecular complexity index is 998. The van der Waals surface area contributed by atoms with Crippen LogP contribution in [-0.2, 0) is 0 Å². The number of nitrogens with one attached hydrogen (secondary N) is 1. The van der Waals surface area contributed by atoms with Gasteiger partial charge in [0.2, 0.25) is 5.82 Å². The summed E-state index contributed by atoms with van der Waals surface area (Å²) in [7, 11) is 0. The zero-order valence-corrected chi connectivity index (χ0v) is 15.6. The van der Waals surface area contributed by atoms with Gasteiger partial charge in [-0.1, -0.05) is 12.1 Å². The van der Waals surface area contributed by atoms with Crippen LogP contribution < -0.4 is 10.1 Å². The summed E-state index contributed by atoms with van der Waals surface area (Å²) in [5.41, 5.74) is 4.62. The molecule has 1 heterocycles. The molecule has 0 bridgehead atoms. The van der Waals surface area contributed by atoms with E-state index in [1.54, 1.807) is 6.07 Å². The molecule has 2 aromatic carbocycles. The van der Waals surface area contributed by atoms with E-state index in [1.165, 1.54) is 6.33 Å². The monoisotopic (exact) mass is 364 g/mol. The zero-order chi connectivity index (χ0) is 19.6. The predicted octanol–water partition coefficient (Wildman–Crippen LogP) is 5.15. The Labute approximate surface area is 157 Å². The van der Waals surface area contributed by atoms with Crippen molar-refractivity contribution in [3.05, 3.63) is 75.1 Å². The third kappa shape index (κ3) is 4.20. The Morgan fingerprint density at radius 1 is 0.963 bits per heavy atom. The van der Waals surface area contributed by atoms with E-state index < -0.39 is 4.92 Å². The Morgan fingerprint density at radius 3 is 2.30 bits per heavy atom. The number of hydrogen-bond donors (Lipinski definition) is 1. The summed E-state index contributed by atoms with van der Waals surface area (Å²) in [6.07, 6.45) is 1.24. The van der Waals surface area contributed by atoms with Gasteiger partial charge in [0.1, 0.15) is 12.1 Å². The molecule has 27 heavy (non-hydrogen) atoms. The second kappa shape index (κ2) is 7.41. The van der Waals surface area contributed by atoms with E-state index >= 15 is 0 Å². The van der Waals surface area contributed by atoms with Crippen LogP contribution in [0.15, 0.2) is 42.7 Å². The summed E-state index contributed by atoms with van der Waals surface area (Å²) < 4.78 is 5.70. The summed E-state index contributed by atoms with van der Waals surface area (Å²) >= 11 is 0. The number of ether oxygens (including phenoxy) is 1. The van der Waals surface area contributed by atoms with Gasteiger partial charge in [-0.2, -0.15) is 4.98 Å². The molecule has 0 aliphatic carbocycles. The van der Waals surface area contributed by atoms with Crippen LogP contribution >= 0.6 is 0 Å². The van der Waals surface area contributed by atoms with Crippen molar-refractivity contribution in [1.29, 1.82) is 0 Å².